The standard InChI is InChI=1S/C22H25F3N4O2/c1-14(2)30-17-8-6-16(7-9-17)27-20-10-11-21-26-13-19(29(21)28-20)15-4-3-5-18(12-15)31-22(23,24)25/h3-5,10-14,16-17H,6-9H2,1-2H3,(H,27,28). The molecule has 9 heteroatoms. The zero-order chi connectivity index (χ0) is 22.0. The van der Waals surface area contributed by atoms with Crippen molar-refractivity contribution in [1.82, 2.24) is 14.6 Å². The first-order valence-corrected chi connectivity index (χ1v) is 10.4. The summed E-state index contributed by atoms with van der Waals surface area (Å²) in [5.74, 6) is 0.414. The van der Waals surface area contributed by atoms with Gasteiger partial charge in [-0.3, -0.25) is 0 Å². The number of nitrogens with one attached hydrogen (secondary N) is 1. The molecular formula is C22H25F3N4O2. The summed E-state index contributed by atoms with van der Waals surface area (Å²) in [5, 5.41) is 8.10. The number of hydrogen-bond acceptors (Lipinski definition) is 5. The highest BCUT2D eigenvalue weighted by atomic mass is 19.4. The minimum atomic E-state index is -4.74. The van der Waals surface area contributed by atoms with E-state index in [-0.39, 0.29) is 11.9 Å². The maximum Gasteiger partial charge on any atom is 0.573 e. The number of hydrogen-bond donors (Lipinski definition) is 1. The number of aromatic nitrogens is 3. The Balaban J connectivity index is 1.50. The summed E-state index contributed by atoms with van der Waals surface area (Å²) in [7, 11) is 0. The second kappa shape index (κ2) is 8.74. The number of rotatable bonds is 6. The van der Waals surface area contributed by atoms with E-state index >= 15 is 0 Å². The minimum Gasteiger partial charge on any atom is -0.406 e. The molecule has 0 spiro atoms. The Kier molecular flexibility index (Phi) is 6.04. The van der Waals surface area contributed by atoms with Crippen molar-refractivity contribution >= 4 is 11.5 Å². The molecule has 0 saturated heterocycles. The van der Waals surface area contributed by atoms with Crippen LogP contribution in [-0.2, 0) is 4.74 Å². The van der Waals surface area contributed by atoms with Crippen molar-refractivity contribution < 1.29 is 22.6 Å². The molecule has 0 radical (unpaired) electrons. The van der Waals surface area contributed by atoms with E-state index in [1.807, 2.05) is 12.1 Å². The molecule has 1 aliphatic rings. The van der Waals surface area contributed by atoms with Crippen LogP contribution in [0.1, 0.15) is 39.5 Å². The van der Waals surface area contributed by atoms with Gasteiger partial charge in [0.15, 0.2) is 5.65 Å². The molecule has 0 bridgehead atoms. The first kappa shape index (κ1) is 21.4. The van der Waals surface area contributed by atoms with E-state index in [2.05, 4.69) is 34.0 Å². The Morgan fingerprint density at radius 2 is 1.87 bits per heavy atom. The molecule has 1 aliphatic carbocycles. The van der Waals surface area contributed by atoms with Gasteiger partial charge in [-0.05, 0) is 63.8 Å². The van der Waals surface area contributed by atoms with Crippen molar-refractivity contribution in [2.24, 2.45) is 0 Å². The molecule has 0 amide bonds. The summed E-state index contributed by atoms with van der Waals surface area (Å²) < 4.78 is 49.3. The Morgan fingerprint density at radius 1 is 1.10 bits per heavy atom. The molecule has 4 rings (SSSR count). The molecule has 0 aliphatic heterocycles. The van der Waals surface area contributed by atoms with Crippen LogP contribution in [0.15, 0.2) is 42.6 Å². The van der Waals surface area contributed by atoms with Crippen LogP contribution in [0.4, 0.5) is 19.0 Å². The average molecular weight is 434 g/mol. The SMILES string of the molecule is CC(C)OC1CCC(Nc2ccc3ncc(-c4cccc(OC(F)(F)F)c4)n3n2)CC1. The average Bonchev–Trinajstić information content (AvgIpc) is 3.11. The molecule has 0 unspecified atom stereocenters. The van der Waals surface area contributed by atoms with E-state index < -0.39 is 6.36 Å². The Hall–Kier alpha value is -2.81. The molecule has 1 N–H and O–H groups in total. The zero-order valence-electron chi connectivity index (χ0n) is 17.4. The molecule has 1 fully saturated rings. The quantitative estimate of drug-likeness (QED) is 0.560. The Labute approximate surface area is 178 Å². The van der Waals surface area contributed by atoms with Gasteiger partial charge in [0.25, 0.3) is 0 Å². The fourth-order valence-electron chi connectivity index (χ4n) is 3.94. The summed E-state index contributed by atoms with van der Waals surface area (Å²) in [6.45, 7) is 4.11. The van der Waals surface area contributed by atoms with Crippen LogP contribution in [-0.4, -0.2) is 39.2 Å². The second-order valence-electron chi connectivity index (χ2n) is 8.01. The van der Waals surface area contributed by atoms with Gasteiger partial charge in [-0.25, -0.2) is 9.50 Å². The number of fused-ring (bicyclic) bond motifs is 1. The molecule has 31 heavy (non-hydrogen) atoms. The molecule has 2 aromatic heterocycles. The van der Waals surface area contributed by atoms with Crippen LogP contribution in [0.25, 0.3) is 16.9 Å². The molecule has 0 atom stereocenters. The number of anilines is 1. The van der Waals surface area contributed by atoms with Crippen LogP contribution in [0.5, 0.6) is 5.75 Å². The molecule has 1 aromatic carbocycles. The van der Waals surface area contributed by atoms with E-state index in [1.165, 1.54) is 18.2 Å². The first-order chi connectivity index (χ1) is 14.8. The number of ether oxygens (including phenoxy) is 2. The fourth-order valence-corrected chi connectivity index (χ4v) is 3.94. The lowest BCUT2D eigenvalue weighted by Gasteiger charge is -2.30. The number of imidazole rings is 1. The van der Waals surface area contributed by atoms with Crippen molar-refractivity contribution in [3.8, 4) is 17.0 Å². The van der Waals surface area contributed by atoms with Crippen LogP contribution >= 0.6 is 0 Å². The molecular weight excluding hydrogens is 409 g/mol. The predicted molar refractivity (Wildman–Crippen MR) is 111 cm³/mol. The van der Waals surface area contributed by atoms with Gasteiger partial charge in [-0.2, -0.15) is 0 Å². The van der Waals surface area contributed by atoms with Crippen LogP contribution in [0.2, 0.25) is 0 Å². The molecule has 3 aromatic rings. The van der Waals surface area contributed by atoms with E-state index in [0.29, 0.717) is 34.9 Å². The number of alkyl halides is 3. The van der Waals surface area contributed by atoms with Crippen molar-refractivity contribution in [2.45, 2.75) is 64.1 Å². The highest BCUT2D eigenvalue weighted by Gasteiger charge is 2.31. The van der Waals surface area contributed by atoms with Gasteiger partial charge in [0.2, 0.25) is 0 Å². The monoisotopic (exact) mass is 434 g/mol. The Bertz CT molecular complexity index is 1030. The smallest absolute Gasteiger partial charge is 0.406 e. The fraction of sp³-hybridized carbons (Fsp3) is 0.455. The van der Waals surface area contributed by atoms with E-state index in [1.54, 1.807) is 16.8 Å². The lowest BCUT2D eigenvalue weighted by Crippen LogP contribution is -2.31. The molecule has 1 saturated carbocycles. The second-order valence-corrected chi connectivity index (χ2v) is 8.01. The normalized spacial score (nSPS) is 19.7. The minimum absolute atomic E-state index is 0.235. The largest absolute Gasteiger partial charge is 0.573 e. The van der Waals surface area contributed by atoms with E-state index in [0.717, 1.165) is 25.7 Å². The summed E-state index contributed by atoms with van der Waals surface area (Å²) in [6, 6.07) is 9.80. The maximum atomic E-state index is 12.6. The number of halogens is 3. The molecule has 166 valence electrons. The third kappa shape index (κ3) is 5.46. The summed E-state index contributed by atoms with van der Waals surface area (Å²) in [4.78, 5) is 4.32. The van der Waals surface area contributed by atoms with Crippen molar-refractivity contribution in [3.63, 3.8) is 0 Å². The van der Waals surface area contributed by atoms with Gasteiger partial charge in [-0.15, -0.1) is 18.3 Å². The highest BCUT2D eigenvalue weighted by Crippen LogP contribution is 2.29. The lowest BCUT2D eigenvalue weighted by molar-refractivity contribution is -0.274. The predicted octanol–water partition coefficient (Wildman–Crippen LogP) is 5.44. The molecule has 6 nitrogen and oxygen atoms in total. The number of nitrogens with zero attached hydrogens (tertiary/aromatic N) is 3. The van der Waals surface area contributed by atoms with Crippen molar-refractivity contribution in [3.05, 3.63) is 42.6 Å². The van der Waals surface area contributed by atoms with Gasteiger partial charge >= 0.3 is 6.36 Å². The topological polar surface area (TPSA) is 60.7 Å². The Morgan fingerprint density at radius 3 is 2.58 bits per heavy atom. The van der Waals surface area contributed by atoms with Crippen LogP contribution in [0, 0.1) is 0 Å². The zero-order valence-corrected chi connectivity index (χ0v) is 17.4. The van der Waals surface area contributed by atoms with Gasteiger partial charge in [0.1, 0.15) is 11.6 Å². The van der Waals surface area contributed by atoms with Crippen molar-refractivity contribution in [1.29, 1.82) is 0 Å². The lowest BCUT2D eigenvalue weighted by atomic mass is 9.93. The van der Waals surface area contributed by atoms with Crippen LogP contribution < -0.4 is 10.1 Å². The third-order valence-corrected chi connectivity index (χ3v) is 5.22. The van der Waals surface area contributed by atoms with E-state index in [4.69, 9.17) is 4.74 Å². The van der Waals surface area contributed by atoms with E-state index in [9.17, 15) is 13.2 Å². The third-order valence-electron chi connectivity index (χ3n) is 5.22. The molecule has 2 heterocycles. The van der Waals surface area contributed by atoms with Gasteiger partial charge in [0, 0.05) is 11.6 Å². The first-order valence-electron chi connectivity index (χ1n) is 10.4. The van der Waals surface area contributed by atoms with Crippen molar-refractivity contribution in [2.75, 3.05) is 5.32 Å². The van der Waals surface area contributed by atoms with Gasteiger partial charge < -0.3 is 14.8 Å². The van der Waals surface area contributed by atoms with Gasteiger partial charge in [-0.1, -0.05) is 12.1 Å². The van der Waals surface area contributed by atoms with Crippen LogP contribution in [0.3, 0.4) is 0 Å². The number of benzene rings is 1. The summed E-state index contributed by atoms with van der Waals surface area (Å²) >= 11 is 0. The highest BCUT2D eigenvalue weighted by molar-refractivity contribution is 5.65. The maximum absolute atomic E-state index is 12.6. The summed E-state index contributed by atoms with van der Waals surface area (Å²) in [6.07, 6.45) is 1.37. The summed E-state index contributed by atoms with van der Waals surface area (Å²) in [5.41, 5.74) is 1.72. The van der Waals surface area contributed by atoms with Gasteiger partial charge in [0.05, 0.1) is 24.1 Å².